The van der Waals surface area contributed by atoms with E-state index in [1.807, 2.05) is 18.5 Å². The Morgan fingerprint density at radius 3 is 2.44 bits per heavy atom. The molecule has 62 heavy (non-hydrogen) atoms. The minimum absolute atomic E-state index is 0.0942. The number of rotatable bonds is 14. The van der Waals surface area contributed by atoms with Crippen LogP contribution in [0.4, 0.5) is 0 Å². The van der Waals surface area contributed by atoms with Gasteiger partial charge in [0.25, 0.3) is 0 Å². The van der Waals surface area contributed by atoms with Crippen molar-refractivity contribution < 1.29 is 30.6 Å². The van der Waals surface area contributed by atoms with Crippen molar-refractivity contribution in [2.45, 2.75) is 121 Å². The van der Waals surface area contributed by atoms with Gasteiger partial charge in [-0.05, 0) is 132 Å². The van der Waals surface area contributed by atoms with Crippen molar-refractivity contribution in [1.29, 1.82) is 0 Å². The SMILES string of the molecule is CCCCCc1cc(CCc2c(O)c(O)c3c(O)cccc3c2/C=C/c2ccc(O)c(O)c2)ccc1CNC[C@@]1(c2cnc[nH]2)[C@@H]2[C@H](O)C=C[C@@H]3CCC[C@]32CCC12CCCC2. The van der Waals surface area contributed by atoms with Crippen LogP contribution in [0, 0.1) is 22.7 Å². The Labute approximate surface area is 365 Å². The van der Waals surface area contributed by atoms with E-state index in [4.69, 9.17) is 0 Å². The fourth-order valence-corrected chi connectivity index (χ4v) is 13.2. The average molecular weight is 838 g/mol. The van der Waals surface area contributed by atoms with Gasteiger partial charge in [-0.15, -0.1) is 0 Å². The van der Waals surface area contributed by atoms with Crippen LogP contribution >= 0.6 is 0 Å². The molecule has 9 rings (SSSR count). The summed E-state index contributed by atoms with van der Waals surface area (Å²) in [5, 5.41) is 70.5. The molecule has 4 aliphatic rings. The molecular formula is C53H63N3O6. The molecule has 0 bridgehead atoms. The van der Waals surface area contributed by atoms with Gasteiger partial charge in [0.05, 0.1) is 17.8 Å². The van der Waals surface area contributed by atoms with Gasteiger partial charge in [0.2, 0.25) is 0 Å². The summed E-state index contributed by atoms with van der Waals surface area (Å²) in [5.41, 5.74) is 6.66. The smallest absolute Gasteiger partial charge is 0.169 e. The number of allylic oxidation sites excluding steroid dienone is 1. The molecule has 4 aliphatic carbocycles. The molecule has 2 spiro atoms. The molecule has 8 N–H and O–H groups in total. The highest BCUT2D eigenvalue weighted by molar-refractivity contribution is 6.03. The molecule has 9 heteroatoms. The maximum atomic E-state index is 12.2. The van der Waals surface area contributed by atoms with Gasteiger partial charge >= 0.3 is 0 Å². The van der Waals surface area contributed by atoms with E-state index in [0.717, 1.165) is 37.8 Å². The number of nitrogens with one attached hydrogen (secondary N) is 2. The van der Waals surface area contributed by atoms with Crippen molar-refractivity contribution >= 4 is 22.9 Å². The van der Waals surface area contributed by atoms with Crippen LogP contribution in [0.25, 0.3) is 22.9 Å². The zero-order chi connectivity index (χ0) is 43.1. The highest BCUT2D eigenvalue weighted by Crippen LogP contribution is 2.72. The first-order chi connectivity index (χ1) is 30.1. The number of phenolic OH excluding ortho intramolecular Hbond substituents is 5. The summed E-state index contributed by atoms with van der Waals surface area (Å²) in [6.45, 7) is 3.72. The number of aromatic amines is 1. The van der Waals surface area contributed by atoms with Crippen molar-refractivity contribution in [2.75, 3.05) is 6.54 Å². The van der Waals surface area contributed by atoms with Crippen LogP contribution in [0.5, 0.6) is 28.7 Å². The van der Waals surface area contributed by atoms with Crippen LogP contribution in [0.3, 0.4) is 0 Å². The second kappa shape index (κ2) is 17.1. The van der Waals surface area contributed by atoms with Crippen molar-refractivity contribution in [1.82, 2.24) is 15.3 Å². The van der Waals surface area contributed by atoms with Crippen molar-refractivity contribution in [3.63, 3.8) is 0 Å². The molecule has 3 fully saturated rings. The third kappa shape index (κ3) is 7.15. The van der Waals surface area contributed by atoms with Gasteiger partial charge < -0.3 is 40.9 Å². The molecule has 4 aromatic carbocycles. The molecule has 5 atom stereocenters. The summed E-state index contributed by atoms with van der Waals surface area (Å²) < 4.78 is 0. The van der Waals surface area contributed by atoms with Crippen LogP contribution in [-0.2, 0) is 31.2 Å². The Hall–Kier alpha value is -5.25. The van der Waals surface area contributed by atoms with Crippen LogP contribution < -0.4 is 5.32 Å². The van der Waals surface area contributed by atoms with E-state index in [-0.39, 0.29) is 56.3 Å². The first kappa shape index (κ1) is 42.1. The predicted octanol–water partition coefficient (Wildman–Crippen LogP) is 10.5. The second-order valence-corrected chi connectivity index (χ2v) is 19.0. The number of fused-ring (bicyclic) bond motifs is 1. The number of H-pyrrole nitrogens is 1. The molecule has 1 aromatic heterocycles. The maximum Gasteiger partial charge on any atom is 0.169 e. The highest BCUT2D eigenvalue weighted by atomic mass is 16.3. The third-order valence-electron chi connectivity index (χ3n) is 16.0. The molecule has 0 aliphatic heterocycles. The minimum atomic E-state index is -0.497. The molecule has 1 heterocycles. The van der Waals surface area contributed by atoms with Crippen LogP contribution in [0.2, 0.25) is 0 Å². The summed E-state index contributed by atoms with van der Waals surface area (Å²) in [5.74, 6) is -0.583. The fourth-order valence-electron chi connectivity index (χ4n) is 13.2. The number of aliphatic hydroxyl groups is 1. The summed E-state index contributed by atoms with van der Waals surface area (Å²) in [6, 6.07) is 16.3. The fraction of sp³-hybridized carbons (Fsp3) is 0.453. The number of imidazole rings is 1. The van der Waals surface area contributed by atoms with E-state index in [1.54, 1.807) is 18.2 Å². The molecule has 9 nitrogen and oxygen atoms in total. The van der Waals surface area contributed by atoms with Gasteiger partial charge in [0, 0.05) is 41.9 Å². The zero-order valence-corrected chi connectivity index (χ0v) is 36.0. The van der Waals surface area contributed by atoms with Crippen molar-refractivity contribution in [3.8, 4) is 28.7 Å². The van der Waals surface area contributed by atoms with E-state index in [0.29, 0.717) is 47.4 Å². The highest BCUT2D eigenvalue weighted by Gasteiger charge is 2.69. The summed E-state index contributed by atoms with van der Waals surface area (Å²) in [7, 11) is 0. The van der Waals surface area contributed by atoms with Gasteiger partial charge in [0.15, 0.2) is 23.0 Å². The number of hydrogen-bond donors (Lipinski definition) is 8. The Bertz CT molecular complexity index is 2470. The lowest BCUT2D eigenvalue weighted by molar-refractivity contribution is -0.136. The predicted molar refractivity (Wildman–Crippen MR) is 245 cm³/mol. The lowest BCUT2D eigenvalue weighted by Gasteiger charge is -2.65. The van der Waals surface area contributed by atoms with E-state index in [1.165, 1.54) is 92.8 Å². The van der Waals surface area contributed by atoms with Gasteiger partial charge in [0.1, 0.15) is 5.75 Å². The van der Waals surface area contributed by atoms with Crippen LogP contribution in [0.1, 0.15) is 123 Å². The van der Waals surface area contributed by atoms with Crippen molar-refractivity contribution in [2.24, 2.45) is 22.7 Å². The summed E-state index contributed by atoms with van der Waals surface area (Å²) >= 11 is 0. The average Bonchev–Trinajstić information content (AvgIpc) is 4.07. The number of phenols is 5. The number of unbranched alkanes of at least 4 members (excludes halogenated alkanes) is 2. The lowest BCUT2D eigenvalue weighted by atomic mass is 9.39. The Morgan fingerprint density at radius 1 is 0.790 bits per heavy atom. The molecule has 3 saturated carbocycles. The quantitative estimate of drug-likeness (QED) is 0.0237. The number of benzene rings is 4. The van der Waals surface area contributed by atoms with Gasteiger partial charge in [-0.1, -0.05) is 99.7 Å². The van der Waals surface area contributed by atoms with Crippen LogP contribution in [-0.4, -0.2) is 53.3 Å². The monoisotopic (exact) mass is 837 g/mol. The molecule has 0 unspecified atom stereocenters. The third-order valence-corrected chi connectivity index (χ3v) is 16.0. The molecule has 0 amide bonds. The first-order valence-electron chi connectivity index (χ1n) is 23.2. The molecule has 0 saturated heterocycles. The molecular weight excluding hydrogens is 775 g/mol. The number of aryl methyl sites for hydroxylation is 2. The van der Waals surface area contributed by atoms with E-state index in [9.17, 15) is 30.6 Å². The van der Waals surface area contributed by atoms with Crippen LogP contribution in [0.15, 0.2) is 79.3 Å². The maximum absolute atomic E-state index is 12.2. The number of nitrogens with zero attached hydrogens (tertiary/aromatic N) is 1. The number of hydrogen-bond acceptors (Lipinski definition) is 8. The largest absolute Gasteiger partial charge is 0.507 e. The number of aromatic nitrogens is 2. The van der Waals surface area contributed by atoms with E-state index >= 15 is 0 Å². The molecule has 326 valence electrons. The van der Waals surface area contributed by atoms with Gasteiger partial charge in [-0.3, -0.25) is 0 Å². The standard InChI is InChI=1S/C53H63N3O6/c1-2-3-4-9-36-28-34(15-20-41-39(19-14-35-16-21-42(57)45(60)29-35)40-11-7-12-43(58)47(40)49(62)48(41)61)13-17-37(36)30-54-32-53(46-31-55-33-56-46)50-44(59)22-18-38-10-8-25-52(38,50)27-26-51(53)23-5-6-24-51/h7,11-14,16-19,21-22,28-29,31,33,38,44,50,54,57-62H,2-6,8-10,15,20,23-27,30,32H2,1H3,(H,55,56)/b19-14+/t38-,44+,50+,52-,53+/m0/s1. The summed E-state index contributed by atoms with van der Waals surface area (Å²) in [4.78, 5) is 8.28. The second-order valence-electron chi connectivity index (χ2n) is 19.0. The first-order valence-corrected chi connectivity index (χ1v) is 23.2. The Kier molecular flexibility index (Phi) is 11.6. The molecule has 5 aromatic rings. The minimum Gasteiger partial charge on any atom is -0.507 e. The number of aliphatic hydroxyl groups excluding tert-OH is 1. The molecule has 0 radical (unpaired) electrons. The van der Waals surface area contributed by atoms with E-state index in [2.05, 4.69) is 58.8 Å². The van der Waals surface area contributed by atoms with Gasteiger partial charge in [-0.25, -0.2) is 4.98 Å². The summed E-state index contributed by atoms with van der Waals surface area (Å²) in [6.07, 6.45) is 27.7. The Morgan fingerprint density at radius 2 is 1.65 bits per heavy atom. The number of aromatic hydroxyl groups is 5. The lowest BCUT2D eigenvalue weighted by Crippen LogP contribution is -2.67. The van der Waals surface area contributed by atoms with Gasteiger partial charge in [-0.2, -0.15) is 0 Å². The normalized spacial score (nSPS) is 25.2. The Balaban J connectivity index is 1.02. The van der Waals surface area contributed by atoms with E-state index < -0.39 is 6.10 Å². The zero-order valence-electron chi connectivity index (χ0n) is 36.0. The topological polar surface area (TPSA) is 162 Å². The van der Waals surface area contributed by atoms with Crippen molar-refractivity contribution in [3.05, 3.63) is 118 Å².